The summed E-state index contributed by atoms with van der Waals surface area (Å²) in [5.41, 5.74) is 0. The second kappa shape index (κ2) is 8.75. The van der Waals surface area contributed by atoms with Gasteiger partial charge in [0.15, 0.2) is 0 Å². The SMILES string of the molecule is O=C1CC(=O)OCCSCCCSCCO1. The zero-order valence-electron chi connectivity index (χ0n) is 9.11. The molecule has 0 aromatic carbocycles. The van der Waals surface area contributed by atoms with Gasteiger partial charge < -0.3 is 9.47 Å². The van der Waals surface area contributed by atoms with E-state index in [2.05, 4.69) is 0 Å². The van der Waals surface area contributed by atoms with Gasteiger partial charge in [-0.05, 0) is 17.9 Å². The molecule has 0 aromatic heterocycles. The molecule has 0 unspecified atom stereocenters. The third kappa shape index (κ3) is 7.00. The van der Waals surface area contributed by atoms with Gasteiger partial charge in [0, 0.05) is 11.5 Å². The number of hydrogen-bond donors (Lipinski definition) is 0. The summed E-state index contributed by atoms with van der Waals surface area (Å²) in [5.74, 6) is 2.79. The standard InChI is InChI=1S/C10H16O4S2/c11-9-8-10(12)14-3-7-16-5-1-4-15-6-2-13-9/h1-8H2. The van der Waals surface area contributed by atoms with E-state index in [4.69, 9.17) is 9.47 Å². The Morgan fingerprint density at radius 1 is 0.812 bits per heavy atom. The van der Waals surface area contributed by atoms with Gasteiger partial charge in [-0.25, -0.2) is 0 Å². The van der Waals surface area contributed by atoms with Gasteiger partial charge in [-0.1, -0.05) is 0 Å². The Morgan fingerprint density at radius 3 is 1.81 bits per heavy atom. The molecule has 92 valence electrons. The van der Waals surface area contributed by atoms with Gasteiger partial charge in [0.05, 0.1) is 0 Å². The molecule has 0 aromatic rings. The number of cyclic esters (lactones) is 2. The van der Waals surface area contributed by atoms with Gasteiger partial charge in [0.2, 0.25) is 0 Å². The van der Waals surface area contributed by atoms with E-state index in [0.29, 0.717) is 13.2 Å². The number of esters is 2. The van der Waals surface area contributed by atoms with Crippen molar-refractivity contribution in [2.24, 2.45) is 0 Å². The Morgan fingerprint density at radius 2 is 1.31 bits per heavy atom. The number of thioether (sulfide) groups is 2. The summed E-state index contributed by atoms with van der Waals surface area (Å²) in [6, 6.07) is 0. The Balaban J connectivity index is 2.26. The zero-order chi connectivity index (χ0) is 11.6. The number of carbonyl (C=O) groups excluding carboxylic acids is 2. The first-order valence-corrected chi connectivity index (χ1v) is 7.57. The second-order valence-corrected chi connectivity index (χ2v) is 5.65. The molecule has 1 aliphatic rings. The van der Waals surface area contributed by atoms with Crippen LogP contribution in [-0.4, -0.2) is 48.2 Å². The maximum Gasteiger partial charge on any atom is 0.317 e. The van der Waals surface area contributed by atoms with E-state index in [1.165, 1.54) is 0 Å². The average Bonchev–Trinajstić information content (AvgIpc) is 2.25. The lowest BCUT2D eigenvalue weighted by molar-refractivity contribution is -0.153. The first-order valence-electron chi connectivity index (χ1n) is 5.26. The molecule has 0 N–H and O–H groups in total. The van der Waals surface area contributed by atoms with Crippen LogP contribution in [0.4, 0.5) is 0 Å². The van der Waals surface area contributed by atoms with Crippen molar-refractivity contribution in [1.82, 2.24) is 0 Å². The normalized spacial score (nSPS) is 21.8. The van der Waals surface area contributed by atoms with Gasteiger partial charge in [0.1, 0.15) is 19.6 Å². The Labute approximate surface area is 104 Å². The molecule has 0 radical (unpaired) electrons. The Kier molecular flexibility index (Phi) is 7.50. The van der Waals surface area contributed by atoms with Crippen LogP contribution in [0.25, 0.3) is 0 Å². The summed E-state index contributed by atoms with van der Waals surface area (Å²) in [7, 11) is 0. The lowest BCUT2D eigenvalue weighted by Gasteiger charge is -2.07. The zero-order valence-corrected chi connectivity index (χ0v) is 10.7. The van der Waals surface area contributed by atoms with E-state index in [-0.39, 0.29) is 6.42 Å². The summed E-state index contributed by atoms with van der Waals surface area (Å²) < 4.78 is 9.78. The molecule has 1 saturated heterocycles. The van der Waals surface area contributed by atoms with Crippen LogP contribution in [0.5, 0.6) is 0 Å². The van der Waals surface area contributed by atoms with Crippen LogP contribution in [0.15, 0.2) is 0 Å². The van der Waals surface area contributed by atoms with E-state index in [1.807, 2.05) is 0 Å². The maximum atomic E-state index is 11.1. The van der Waals surface area contributed by atoms with Crippen molar-refractivity contribution in [2.45, 2.75) is 12.8 Å². The number of ether oxygens (including phenoxy) is 2. The molecule has 6 heteroatoms. The number of carbonyl (C=O) groups is 2. The van der Waals surface area contributed by atoms with Crippen molar-refractivity contribution >= 4 is 35.5 Å². The third-order valence-electron chi connectivity index (χ3n) is 1.85. The fourth-order valence-electron chi connectivity index (χ4n) is 1.12. The van der Waals surface area contributed by atoms with E-state index >= 15 is 0 Å². The smallest absolute Gasteiger partial charge is 0.317 e. The second-order valence-electron chi connectivity index (χ2n) is 3.20. The number of rotatable bonds is 0. The Hall–Kier alpha value is -0.360. The minimum Gasteiger partial charge on any atom is -0.464 e. The predicted molar refractivity (Wildman–Crippen MR) is 65.8 cm³/mol. The Bertz CT molecular complexity index is 211. The van der Waals surface area contributed by atoms with Crippen molar-refractivity contribution in [1.29, 1.82) is 0 Å². The molecule has 16 heavy (non-hydrogen) atoms. The molecular formula is C10H16O4S2. The van der Waals surface area contributed by atoms with Crippen LogP contribution in [0.3, 0.4) is 0 Å². The fraction of sp³-hybridized carbons (Fsp3) is 0.800. The van der Waals surface area contributed by atoms with Gasteiger partial charge in [-0.2, -0.15) is 23.5 Å². The molecule has 1 aliphatic heterocycles. The van der Waals surface area contributed by atoms with Gasteiger partial charge >= 0.3 is 11.9 Å². The lowest BCUT2D eigenvalue weighted by Crippen LogP contribution is -2.16. The molecule has 1 fully saturated rings. The molecule has 0 aliphatic carbocycles. The highest BCUT2D eigenvalue weighted by atomic mass is 32.2. The average molecular weight is 264 g/mol. The van der Waals surface area contributed by atoms with E-state index in [0.717, 1.165) is 29.4 Å². The first-order chi connectivity index (χ1) is 7.79. The predicted octanol–water partition coefficient (Wildman–Crippen LogP) is 1.33. The molecule has 1 rings (SSSR count). The highest BCUT2D eigenvalue weighted by Gasteiger charge is 2.12. The highest BCUT2D eigenvalue weighted by molar-refractivity contribution is 8.00. The van der Waals surface area contributed by atoms with Crippen molar-refractivity contribution in [3.05, 3.63) is 0 Å². The van der Waals surface area contributed by atoms with Gasteiger partial charge in [-0.15, -0.1) is 0 Å². The van der Waals surface area contributed by atoms with Crippen molar-refractivity contribution in [3.63, 3.8) is 0 Å². The van der Waals surface area contributed by atoms with Crippen molar-refractivity contribution in [2.75, 3.05) is 36.2 Å². The molecule has 0 spiro atoms. The fourth-order valence-corrected chi connectivity index (χ4v) is 2.81. The van der Waals surface area contributed by atoms with E-state index in [9.17, 15) is 9.59 Å². The molecular weight excluding hydrogens is 248 g/mol. The topological polar surface area (TPSA) is 52.6 Å². The molecule has 0 saturated carbocycles. The van der Waals surface area contributed by atoms with Crippen molar-refractivity contribution < 1.29 is 19.1 Å². The van der Waals surface area contributed by atoms with Crippen LogP contribution in [0.2, 0.25) is 0 Å². The van der Waals surface area contributed by atoms with Crippen LogP contribution >= 0.6 is 23.5 Å². The van der Waals surface area contributed by atoms with Gasteiger partial charge in [-0.3, -0.25) is 9.59 Å². The minimum atomic E-state index is -0.490. The van der Waals surface area contributed by atoms with E-state index < -0.39 is 11.9 Å². The van der Waals surface area contributed by atoms with Crippen LogP contribution in [0, 0.1) is 0 Å². The molecule has 0 atom stereocenters. The van der Waals surface area contributed by atoms with E-state index in [1.54, 1.807) is 23.5 Å². The maximum absolute atomic E-state index is 11.1. The monoisotopic (exact) mass is 264 g/mol. The van der Waals surface area contributed by atoms with Crippen LogP contribution in [-0.2, 0) is 19.1 Å². The quantitative estimate of drug-likeness (QED) is 0.486. The molecule has 0 bridgehead atoms. The molecule has 4 nitrogen and oxygen atoms in total. The van der Waals surface area contributed by atoms with Crippen LogP contribution in [0.1, 0.15) is 12.8 Å². The largest absolute Gasteiger partial charge is 0.464 e. The van der Waals surface area contributed by atoms with Crippen molar-refractivity contribution in [3.8, 4) is 0 Å². The lowest BCUT2D eigenvalue weighted by atomic mass is 10.4. The van der Waals surface area contributed by atoms with Crippen LogP contribution < -0.4 is 0 Å². The first kappa shape index (κ1) is 13.7. The summed E-state index contributed by atoms with van der Waals surface area (Å²) in [6.45, 7) is 0.758. The number of hydrogen-bond acceptors (Lipinski definition) is 6. The van der Waals surface area contributed by atoms with Gasteiger partial charge in [0.25, 0.3) is 0 Å². The molecule has 0 amide bonds. The highest BCUT2D eigenvalue weighted by Crippen LogP contribution is 2.09. The summed E-state index contributed by atoms with van der Waals surface area (Å²) in [4.78, 5) is 22.3. The third-order valence-corrected chi connectivity index (χ3v) is 3.91. The minimum absolute atomic E-state index is 0.269. The molecule has 1 heterocycles. The summed E-state index contributed by atoms with van der Waals surface area (Å²) >= 11 is 3.55. The summed E-state index contributed by atoms with van der Waals surface area (Å²) in [5, 5.41) is 0. The summed E-state index contributed by atoms with van der Waals surface area (Å²) in [6.07, 6.45) is 0.868.